The molecule has 0 fully saturated rings. The first-order valence-corrected chi connectivity index (χ1v) is 30.3. The molecule has 3 N–H and O–H groups in total. The van der Waals surface area contributed by atoms with Crippen LogP contribution in [0.25, 0.3) is 0 Å². The van der Waals surface area contributed by atoms with Gasteiger partial charge in [0.05, 0.1) is 25.4 Å². The number of nitrogens with one attached hydrogen (secondary N) is 1. The topological polar surface area (TPSA) is 95.9 Å². The lowest BCUT2D eigenvalue weighted by Crippen LogP contribution is -2.45. The molecule has 0 aromatic carbocycles. The van der Waals surface area contributed by atoms with Gasteiger partial charge in [-0.15, -0.1) is 0 Å². The van der Waals surface area contributed by atoms with Crippen molar-refractivity contribution in [2.75, 3.05) is 13.2 Å². The molecule has 0 rings (SSSR count). The number of ether oxygens (including phenoxy) is 1. The summed E-state index contributed by atoms with van der Waals surface area (Å²) >= 11 is 0. The summed E-state index contributed by atoms with van der Waals surface area (Å²) in [7, 11) is 0. The SMILES string of the molecule is CCCCCCCCCCCCCCCCCCCCC(=O)OCCCCCCCCCCCCCCCCC(=O)NC(CO)C(O)CCCCCCCCCCCCCCCCCCC. The Hall–Kier alpha value is -1.14. The van der Waals surface area contributed by atoms with Crippen LogP contribution in [0.1, 0.15) is 348 Å². The zero-order chi connectivity index (χ0) is 47.9. The highest BCUT2D eigenvalue weighted by atomic mass is 16.5. The molecule has 0 aliphatic heterocycles. The number of hydrogen-bond donors (Lipinski definition) is 3. The largest absolute Gasteiger partial charge is 0.466 e. The molecule has 394 valence electrons. The van der Waals surface area contributed by atoms with Gasteiger partial charge in [0.1, 0.15) is 0 Å². The van der Waals surface area contributed by atoms with E-state index >= 15 is 0 Å². The number of carbonyl (C=O) groups is 2. The van der Waals surface area contributed by atoms with E-state index in [2.05, 4.69) is 19.2 Å². The first-order chi connectivity index (χ1) is 32.5. The second-order valence-electron chi connectivity index (χ2n) is 21.1. The first-order valence-electron chi connectivity index (χ1n) is 30.3. The Bertz CT molecular complexity index is 944. The molecule has 6 nitrogen and oxygen atoms in total. The summed E-state index contributed by atoms with van der Waals surface area (Å²) in [5.74, 6) is -0.0381. The summed E-state index contributed by atoms with van der Waals surface area (Å²) in [6, 6.07) is -0.548. The molecule has 0 bridgehead atoms. The van der Waals surface area contributed by atoms with Gasteiger partial charge in [0.2, 0.25) is 5.91 Å². The smallest absolute Gasteiger partial charge is 0.305 e. The van der Waals surface area contributed by atoms with Gasteiger partial charge in [-0.3, -0.25) is 9.59 Å². The van der Waals surface area contributed by atoms with Crippen LogP contribution in [-0.2, 0) is 14.3 Å². The van der Waals surface area contributed by atoms with Crippen molar-refractivity contribution in [2.45, 2.75) is 360 Å². The summed E-state index contributed by atoms with van der Waals surface area (Å²) in [6.07, 6.45) is 65.2. The fraction of sp³-hybridized carbons (Fsp3) is 0.967. The van der Waals surface area contributed by atoms with Crippen molar-refractivity contribution < 1.29 is 24.5 Å². The van der Waals surface area contributed by atoms with Gasteiger partial charge < -0.3 is 20.3 Å². The minimum Gasteiger partial charge on any atom is -0.466 e. The predicted molar refractivity (Wildman–Crippen MR) is 287 cm³/mol. The van der Waals surface area contributed by atoms with Crippen LogP contribution >= 0.6 is 0 Å². The van der Waals surface area contributed by atoms with E-state index in [4.69, 9.17) is 4.74 Å². The van der Waals surface area contributed by atoms with E-state index in [-0.39, 0.29) is 18.5 Å². The molecule has 0 aliphatic carbocycles. The van der Waals surface area contributed by atoms with Crippen molar-refractivity contribution in [1.82, 2.24) is 5.32 Å². The van der Waals surface area contributed by atoms with Crippen molar-refractivity contribution in [3.8, 4) is 0 Å². The average molecular weight is 935 g/mol. The lowest BCUT2D eigenvalue weighted by molar-refractivity contribution is -0.143. The average Bonchev–Trinajstić information content (AvgIpc) is 3.32. The Balaban J connectivity index is 3.40. The van der Waals surface area contributed by atoms with Gasteiger partial charge in [-0.05, 0) is 25.7 Å². The Morgan fingerprint density at radius 2 is 0.621 bits per heavy atom. The van der Waals surface area contributed by atoms with E-state index in [9.17, 15) is 19.8 Å². The molecule has 2 unspecified atom stereocenters. The molecule has 0 saturated carbocycles. The number of carbonyl (C=O) groups excluding carboxylic acids is 2. The normalized spacial score (nSPS) is 12.5. The quantitative estimate of drug-likeness (QED) is 0.0417. The number of aliphatic hydroxyl groups excluding tert-OH is 2. The van der Waals surface area contributed by atoms with E-state index in [1.807, 2.05) is 0 Å². The van der Waals surface area contributed by atoms with E-state index in [1.54, 1.807) is 0 Å². The Morgan fingerprint density at radius 3 is 0.924 bits per heavy atom. The van der Waals surface area contributed by atoms with Gasteiger partial charge in [0.25, 0.3) is 0 Å². The predicted octanol–water partition coefficient (Wildman–Crippen LogP) is 18.7. The Labute approximate surface area is 413 Å². The number of rotatable bonds is 57. The molecule has 0 saturated heterocycles. The molecule has 6 heteroatoms. The van der Waals surface area contributed by atoms with Crippen molar-refractivity contribution in [3.05, 3.63) is 0 Å². The minimum absolute atomic E-state index is 0.00350. The fourth-order valence-electron chi connectivity index (χ4n) is 9.76. The van der Waals surface area contributed by atoms with Crippen LogP contribution in [0.2, 0.25) is 0 Å². The monoisotopic (exact) mass is 934 g/mol. The van der Waals surface area contributed by atoms with E-state index < -0.39 is 12.1 Å². The molecular weight excluding hydrogens is 815 g/mol. The molecule has 0 radical (unpaired) electrons. The van der Waals surface area contributed by atoms with Crippen molar-refractivity contribution >= 4 is 11.9 Å². The highest BCUT2D eigenvalue weighted by Gasteiger charge is 2.20. The standard InChI is InChI=1S/C60H119NO5/c1-3-5-7-9-11-13-15-17-19-21-23-25-30-34-38-42-46-50-54-60(65)66-55-51-47-43-39-35-31-27-26-29-33-37-41-45-49-53-59(64)61-57(56-62)58(63)52-48-44-40-36-32-28-24-22-20-18-16-14-12-10-8-6-4-2/h57-58,62-63H,3-56H2,1-2H3,(H,61,64). The van der Waals surface area contributed by atoms with Gasteiger partial charge >= 0.3 is 5.97 Å². The fourth-order valence-corrected chi connectivity index (χ4v) is 9.76. The first kappa shape index (κ1) is 64.9. The third-order valence-electron chi connectivity index (χ3n) is 14.4. The number of amides is 1. The molecule has 1 amide bonds. The van der Waals surface area contributed by atoms with Gasteiger partial charge in [-0.1, -0.05) is 309 Å². The molecule has 0 spiro atoms. The molecule has 0 aromatic heterocycles. The molecule has 0 aliphatic rings. The van der Waals surface area contributed by atoms with E-state index in [1.165, 1.54) is 263 Å². The lowest BCUT2D eigenvalue weighted by Gasteiger charge is -2.22. The van der Waals surface area contributed by atoms with Gasteiger partial charge in [-0.2, -0.15) is 0 Å². The summed E-state index contributed by atoms with van der Waals surface area (Å²) < 4.78 is 5.49. The van der Waals surface area contributed by atoms with Crippen molar-refractivity contribution in [1.29, 1.82) is 0 Å². The van der Waals surface area contributed by atoms with E-state index in [0.717, 1.165) is 51.4 Å². The minimum atomic E-state index is -0.670. The number of unbranched alkanes of at least 4 members (excludes halogenated alkanes) is 46. The zero-order valence-electron chi connectivity index (χ0n) is 45.0. The Kier molecular flexibility index (Phi) is 55.5. The zero-order valence-corrected chi connectivity index (χ0v) is 45.0. The highest BCUT2D eigenvalue weighted by Crippen LogP contribution is 2.18. The Morgan fingerprint density at radius 1 is 0.364 bits per heavy atom. The number of aliphatic hydroxyl groups is 2. The van der Waals surface area contributed by atoms with Crippen molar-refractivity contribution in [3.63, 3.8) is 0 Å². The lowest BCUT2D eigenvalue weighted by atomic mass is 10.0. The molecule has 0 aromatic rings. The third-order valence-corrected chi connectivity index (χ3v) is 14.4. The number of hydrogen-bond acceptors (Lipinski definition) is 5. The summed E-state index contributed by atoms with van der Waals surface area (Å²) in [5.41, 5.74) is 0. The summed E-state index contributed by atoms with van der Waals surface area (Å²) in [6.45, 7) is 4.97. The van der Waals surface area contributed by atoms with Crippen molar-refractivity contribution in [2.24, 2.45) is 0 Å². The highest BCUT2D eigenvalue weighted by molar-refractivity contribution is 5.76. The van der Waals surface area contributed by atoms with Gasteiger partial charge in [0.15, 0.2) is 0 Å². The molecular formula is C60H119NO5. The molecule has 0 heterocycles. The van der Waals surface area contributed by atoms with Crippen LogP contribution in [0, 0.1) is 0 Å². The second kappa shape index (κ2) is 56.4. The van der Waals surface area contributed by atoms with Gasteiger partial charge in [0, 0.05) is 12.8 Å². The maximum atomic E-state index is 12.5. The second-order valence-corrected chi connectivity index (χ2v) is 21.1. The maximum absolute atomic E-state index is 12.5. The van der Waals surface area contributed by atoms with Crippen LogP contribution < -0.4 is 5.32 Å². The maximum Gasteiger partial charge on any atom is 0.305 e. The van der Waals surface area contributed by atoms with Crippen LogP contribution in [0.15, 0.2) is 0 Å². The molecule has 66 heavy (non-hydrogen) atoms. The summed E-state index contributed by atoms with van der Waals surface area (Å²) in [4.78, 5) is 24.6. The van der Waals surface area contributed by atoms with Crippen LogP contribution in [0.3, 0.4) is 0 Å². The van der Waals surface area contributed by atoms with Crippen LogP contribution in [0.5, 0.6) is 0 Å². The van der Waals surface area contributed by atoms with Crippen LogP contribution in [0.4, 0.5) is 0 Å². The van der Waals surface area contributed by atoms with E-state index in [0.29, 0.717) is 25.9 Å². The molecule has 2 atom stereocenters. The third kappa shape index (κ3) is 52.2. The summed E-state index contributed by atoms with van der Waals surface area (Å²) in [5, 5.41) is 23.3. The van der Waals surface area contributed by atoms with Gasteiger partial charge in [-0.25, -0.2) is 0 Å². The number of esters is 1. The van der Waals surface area contributed by atoms with Crippen LogP contribution in [-0.4, -0.2) is 47.4 Å².